The quantitative estimate of drug-likeness (QED) is 0.630. The number of nitrogens with two attached hydrogens (primary N) is 1. The van der Waals surface area contributed by atoms with Crippen LogP contribution in [0.25, 0.3) is 0 Å². The molecule has 0 fully saturated rings. The summed E-state index contributed by atoms with van der Waals surface area (Å²) in [6, 6.07) is 0. The maximum absolute atomic E-state index is 11.7. The lowest BCUT2D eigenvalue weighted by Gasteiger charge is -2.18. The second kappa shape index (κ2) is 15.3. The van der Waals surface area contributed by atoms with Gasteiger partial charge in [-0.15, -0.1) is 0 Å². The van der Waals surface area contributed by atoms with E-state index in [1.807, 2.05) is 13.8 Å². The van der Waals surface area contributed by atoms with E-state index in [0.717, 1.165) is 11.8 Å². The Balaban J connectivity index is 0. The van der Waals surface area contributed by atoms with Gasteiger partial charge in [0, 0.05) is 38.6 Å². The number of primary amides is 1. The largest absolute Gasteiger partial charge is 0.466 e. The molecule has 0 aromatic rings. The Morgan fingerprint density at radius 1 is 1.00 bits per heavy atom. The number of hydrogen-bond donors (Lipinski definition) is 1. The summed E-state index contributed by atoms with van der Waals surface area (Å²) in [5.74, 6) is -0.150. The molecular weight excluding hydrogens is 320 g/mol. The highest BCUT2D eigenvalue weighted by Crippen LogP contribution is 2.10. The highest BCUT2D eigenvalue weighted by Gasteiger charge is 2.12. The van der Waals surface area contributed by atoms with E-state index in [9.17, 15) is 19.2 Å². The normalized spacial score (nSPS) is 9.39. The minimum Gasteiger partial charge on any atom is -0.466 e. The van der Waals surface area contributed by atoms with Crippen LogP contribution in [0.2, 0.25) is 0 Å². The van der Waals surface area contributed by atoms with Gasteiger partial charge in [0.05, 0.1) is 13.0 Å². The molecule has 0 aromatic heterocycles. The van der Waals surface area contributed by atoms with E-state index in [1.165, 1.54) is 6.92 Å². The number of thioether (sulfide) groups is 1. The third kappa shape index (κ3) is 16.6. The van der Waals surface area contributed by atoms with Crippen molar-refractivity contribution in [3.05, 3.63) is 0 Å². The standard InChI is InChI=1S/C13H23NO4S.C2H5NO/c1-4-14(5-2)11(15)9-10-19-13(17)8-7-12(16)18-6-3;1-2(3)4/h4-10H2,1-3H3;1H3,(H2,3,4). The summed E-state index contributed by atoms with van der Waals surface area (Å²) < 4.78 is 4.73. The fourth-order valence-electron chi connectivity index (χ4n) is 1.50. The van der Waals surface area contributed by atoms with Crippen LogP contribution in [-0.4, -0.2) is 53.2 Å². The van der Waals surface area contributed by atoms with Crippen LogP contribution in [0.4, 0.5) is 0 Å². The minimum atomic E-state index is -0.351. The summed E-state index contributed by atoms with van der Waals surface area (Å²) in [6.45, 7) is 8.61. The Morgan fingerprint density at radius 2 is 1.52 bits per heavy atom. The molecular formula is C15H28N2O5S. The van der Waals surface area contributed by atoms with E-state index in [2.05, 4.69) is 5.73 Å². The number of amides is 2. The van der Waals surface area contributed by atoms with Crippen LogP contribution in [0.1, 0.15) is 47.0 Å². The summed E-state index contributed by atoms with van der Waals surface area (Å²) in [6.07, 6.45) is 0.643. The molecule has 0 aromatic carbocycles. The fraction of sp³-hybridized carbons (Fsp3) is 0.733. The second-order valence-electron chi connectivity index (χ2n) is 4.45. The smallest absolute Gasteiger partial charge is 0.306 e. The Bertz CT molecular complexity index is 380. The third-order valence-corrected chi connectivity index (χ3v) is 3.47. The van der Waals surface area contributed by atoms with Crippen molar-refractivity contribution in [3.8, 4) is 0 Å². The van der Waals surface area contributed by atoms with Gasteiger partial charge >= 0.3 is 5.97 Å². The van der Waals surface area contributed by atoms with Crippen molar-refractivity contribution in [3.63, 3.8) is 0 Å². The van der Waals surface area contributed by atoms with Gasteiger partial charge in [0.25, 0.3) is 0 Å². The number of ether oxygens (including phenoxy) is 1. The van der Waals surface area contributed by atoms with Crippen molar-refractivity contribution < 1.29 is 23.9 Å². The van der Waals surface area contributed by atoms with E-state index in [1.54, 1.807) is 11.8 Å². The van der Waals surface area contributed by atoms with Crippen molar-refractivity contribution >= 4 is 34.7 Å². The average Bonchev–Trinajstić information content (AvgIpc) is 2.46. The van der Waals surface area contributed by atoms with Gasteiger partial charge in [0.1, 0.15) is 0 Å². The molecule has 0 atom stereocenters. The highest BCUT2D eigenvalue weighted by atomic mass is 32.2. The maximum Gasteiger partial charge on any atom is 0.306 e. The first kappa shape index (κ1) is 23.7. The molecule has 134 valence electrons. The van der Waals surface area contributed by atoms with Crippen molar-refractivity contribution in [1.82, 2.24) is 4.90 Å². The summed E-state index contributed by atoms with van der Waals surface area (Å²) >= 11 is 1.11. The van der Waals surface area contributed by atoms with Gasteiger partial charge < -0.3 is 15.4 Å². The summed E-state index contributed by atoms with van der Waals surface area (Å²) in [4.78, 5) is 45.2. The lowest BCUT2D eigenvalue weighted by Crippen LogP contribution is -2.30. The molecule has 0 radical (unpaired) electrons. The van der Waals surface area contributed by atoms with Crippen LogP contribution in [0.5, 0.6) is 0 Å². The first-order chi connectivity index (χ1) is 10.8. The van der Waals surface area contributed by atoms with Crippen LogP contribution < -0.4 is 5.73 Å². The number of rotatable bonds is 9. The molecule has 0 heterocycles. The van der Waals surface area contributed by atoms with E-state index < -0.39 is 0 Å². The average molecular weight is 348 g/mol. The van der Waals surface area contributed by atoms with Gasteiger partial charge in [-0.3, -0.25) is 19.2 Å². The van der Waals surface area contributed by atoms with Gasteiger partial charge in [-0.2, -0.15) is 0 Å². The first-order valence-electron chi connectivity index (χ1n) is 7.63. The Labute approximate surface area is 142 Å². The minimum absolute atomic E-state index is 0.0655. The second-order valence-corrected chi connectivity index (χ2v) is 5.60. The van der Waals surface area contributed by atoms with E-state index in [-0.39, 0.29) is 35.7 Å². The van der Waals surface area contributed by atoms with Crippen LogP contribution in [0.3, 0.4) is 0 Å². The number of carbonyl (C=O) groups excluding carboxylic acids is 4. The van der Waals surface area contributed by atoms with E-state index >= 15 is 0 Å². The summed E-state index contributed by atoms with van der Waals surface area (Å²) in [7, 11) is 0. The molecule has 8 heteroatoms. The zero-order chi connectivity index (χ0) is 18.3. The number of carbonyl (C=O) groups is 4. The molecule has 23 heavy (non-hydrogen) atoms. The molecule has 0 bridgehead atoms. The Kier molecular flexibility index (Phi) is 15.8. The number of hydrogen-bond acceptors (Lipinski definition) is 6. The zero-order valence-corrected chi connectivity index (χ0v) is 15.2. The monoisotopic (exact) mass is 348 g/mol. The molecule has 7 nitrogen and oxygen atoms in total. The van der Waals surface area contributed by atoms with E-state index in [0.29, 0.717) is 31.9 Å². The van der Waals surface area contributed by atoms with Crippen LogP contribution in [0, 0.1) is 0 Å². The van der Waals surface area contributed by atoms with Crippen molar-refractivity contribution in [2.24, 2.45) is 5.73 Å². The molecule has 0 spiro atoms. The topological polar surface area (TPSA) is 107 Å². The van der Waals surface area contributed by atoms with E-state index in [4.69, 9.17) is 4.74 Å². The van der Waals surface area contributed by atoms with Gasteiger partial charge in [-0.25, -0.2) is 0 Å². The molecule has 0 saturated heterocycles. The van der Waals surface area contributed by atoms with Gasteiger partial charge in [-0.05, 0) is 20.8 Å². The number of esters is 1. The van der Waals surface area contributed by atoms with Crippen molar-refractivity contribution in [1.29, 1.82) is 0 Å². The van der Waals surface area contributed by atoms with Crippen LogP contribution in [0.15, 0.2) is 0 Å². The van der Waals surface area contributed by atoms with Crippen LogP contribution in [-0.2, 0) is 23.9 Å². The summed E-state index contributed by atoms with van der Waals surface area (Å²) in [5, 5.41) is -0.0691. The molecule has 0 rings (SSSR count). The van der Waals surface area contributed by atoms with Crippen molar-refractivity contribution in [2.45, 2.75) is 47.0 Å². The lowest BCUT2D eigenvalue weighted by molar-refractivity contribution is -0.143. The maximum atomic E-state index is 11.7. The molecule has 2 N–H and O–H groups in total. The molecule has 0 unspecified atom stereocenters. The van der Waals surface area contributed by atoms with Crippen LogP contribution >= 0.6 is 11.8 Å². The predicted molar refractivity (Wildman–Crippen MR) is 90.7 cm³/mol. The van der Waals surface area contributed by atoms with Gasteiger partial charge in [0.15, 0.2) is 5.12 Å². The molecule has 2 amide bonds. The predicted octanol–water partition coefficient (Wildman–Crippen LogP) is 1.34. The molecule has 0 aliphatic rings. The zero-order valence-electron chi connectivity index (χ0n) is 14.4. The highest BCUT2D eigenvalue weighted by molar-refractivity contribution is 8.13. The fourth-order valence-corrected chi connectivity index (χ4v) is 2.25. The molecule has 0 saturated carbocycles. The van der Waals surface area contributed by atoms with Gasteiger partial charge in [0.2, 0.25) is 11.8 Å². The van der Waals surface area contributed by atoms with Gasteiger partial charge in [-0.1, -0.05) is 11.8 Å². The summed E-state index contributed by atoms with van der Waals surface area (Å²) in [5.41, 5.74) is 4.47. The molecule has 0 aliphatic carbocycles. The Hall–Kier alpha value is -1.57. The SMILES string of the molecule is CC(N)=O.CCOC(=O)CCC(=O)SCCC(=O)N(CC)CC. The first-order valence-corrected chi connectivity index (χ1v) is 8.61. The Morgan fingerprint density at radius 3 is 1.96 bits per heavy atom. The van der Waals surface area contributed by atoms with Crippen molar-refractivity contribution in [2.75, 3.05) is 25.4 Å². The lowest BCUT2D eigenvalue weighted by atomic mass is 10.3. The third-order valence-electron chi connectivity index (χ3n) is 2.53. The molecule has 0 aliphatic heterocycles. The number of nitrogens with zero attached hydrogens (tertiary/aromatic N) is 1.